The van der Waals surface area contributed by atoms with Crippen molar-refractivity contribution >= 4 is 15.7 Å². The third kappa shape index (κ3) is 4.21. The SMILES string of the molecule is Cc1ccccc1OCCN(c1ccccc1)S(=O)(=O)c1ccc2c(c1)OCCO2. The van der Waals surface area contributed by atoms with Crippen molar-refractivity contribution in [1.82, 2.24) is 0 Å². The van der Waals surface area contributed by atoms with Gasteiger partial charge in [0.25, 0.3) is 10.0 Å². The molecule has 0 atom stereocenters. The van der Waals surface area contributed by atoms with Gasteiger partial charge in [0.1, 0.15) is 25.6 Å². The Morgan fingerprint density at radius 2 is 1.60 bits per heavy atom. The normalized spacial score (nSPS) is 13.0. The van der Waals surface area contributed by atoms with Gasteiger partial charge < -0.3 is 14.2 Å². The monoisotopic (exact) mass is 425 g/mol. The highest BCUT2D eigenvalue weighted by atomic mass is 32.2. The molecule has 3 aromatic rings. The summed E-state index contributed by atoms with van der Waals surface area (Å²) in [5.41, 5.74) is 1.57. The molecule has 30 heavy (non-hydrogen) atoms. The maximum atomic E-state index is 13.5. The van der Waals surface area contributed by atoms with Gasteiger partial charge in [0.15, 0.2) is 11.5 Å². The first kappa shape index (κ1) is 20.1. The van der Waals surface area contributed by atoms with Crippen LogP contribution in [0.25, 0.3) is 0 Å². The Bertz CT molecular complexity index is 1120. The zero-order chi connectivity index (χ0) is 21.0. The lowest BCUT2D eigenvalue weighted by Crippen LogP contribution is -2.34. The summed E-state index contributed by atoms with van der Waals surface area (Å²) in [5.74, 6) is 1.73. The van der Waals surface area contributed by atoms with Gasteiger partial charge in [-0.1, -0.05) is 36.4 Å². The standard InChI is InChI=1S/C23H23NO5S/c1-18-7-5-6-10-21(18)27-14-13-24(19-8-3-2-4-9-19)30(25,26)20-11-12-22-23(17-20)29-16-15-28-22/h2-12,17H,13-16H2,1H3. The Labute approximate surface area is 176 Å². The summed E-state index contributed by atoms with van der Waals surface area (Å²) in [6, 6.07) is 21.3. The lowest BCUT2D eigenvalue weighted by atomic mass is 10.2. The second-order valence-electron chi connectivity index (χ2n) is 6.83. The highest BCUT2D eigenvalue weighted by Gasteiger charge is 2.27. The number of benzene rings is 3. The topological polar surface area (TPSA) is 65.1 Å². The summed E-state index contributed by atoms with van der Waals surface area (Å²) in [6.07, 6.45) is 0. The highest BCUT2D eigenvalue weighted by Crippen LogP contribution is 2.34. The van der Waals surface area contributed by atoms with Gasteiger partial charge in [-0.3, -0.25) is 4.31 Å². The molecule has 1 aliphatic rings. The van der Waals surface area contributed by atoms with Crippen molar-refractivity contribution in [2.24, 2.45) is 0 Å². The molecule has 6 nitrogen and oxygen atoms in total. The fraction of sp³-hybridized carbons (Fsp3) is 0.217. The molecule has 0 radical (unpaired) electrons. The van der Waals surface area contributed by atoms with Crippen molar-refractivity contribution in [3.8, 4) is 17.2 Å². The average molecular weight is 426 g/mol. The smallest absolute Gasteiger partial charge is 0.264 e. The molecule has 0 unspecified atom stereocenters. The van der Waals surface area contributed by atoms with Crippen LogP contribution in [0.2, 0.25) is 0 Å². The first-order valence-electron chi connectivity index (χ1n) is 9.71. The fourth-order valence-corrected chi connectivity index (χ4v) is 4.72. The third-order valence-electron chi connectivity index (χ3n) is 4.79. The van der Waals surface area contributed by atoms with E-state index in [-0.39, 0.29) is 18.0 Å². The van der Waals surface area contributed by atoms with Crippen LogP contribution in [0, 0.1) is 6.92 Å². The van der Waals surface area contributed by atoms with Gasteiger partial charge in [-0.15, -0.1) is 0 Å². The summed E-state index contributed by atoms with van der Waals surface area (Å²) >= 11 is 0. The highest BCUT2D eigenvalue weighted by molar-refractivity contribution is 7.92. The van der Waals surface area contributed by atoms with Crippen LogP contribution in [0.3, 0.4) is 0 Å². The molecule has 0 bridgehead atoms. The van der Waals surface area contributed by atoms with Crippen molar-refractivity contribution in [3.63, 3.8) is 0 Å². The van der Waals surface area contributed by atoms with Crippen LogP contribution in [-0.2, 0) is 10.0 Å². The molecule has 156 valence electrons. The summed E-state index contributed by atoms with van der Waals surface area (Å²) in [4.78, 5) is 0.145. The molecule has 1 heterocycles. The molecular weight excluding hydrogens is 402 g/mol. The number of sulfonamides is 1. The van der Waals surface area contributed by atoms with Gasteiger partial charge in [-0.2, -0.15) is 0 Å². The van der Waals surface area contributed by atoms with Crippen LogP contribution in [-0.4, -0.2) is 34.8 Å². The number of hydrogen-bond donors (Lipinski definition) is 0. The molecule has 3 aromatic carbocycles. The van der Waals surface area contributed by atoms with Gasteiger partial charge in [0, 0.05) is 6.07 Å². The molecule has 7 heteroatoms. The lowest BCUT2D eigenvalue weighted by molar-refractivity contribution is 0.171. The Morgan fingerprint density at radius 3 is 2.37 bits per heavy atom. The minimum absolute atomic E-state index is 0.145. The summed E-state index contributed by atoms with van der Waals surface area (Å²) in [6.45, 7) is 3.17. The van der Waals surface area contributed by atoms with Crippen LogP contribution in [0.15, 0.2) is 77.7 Å². The molecule has 0 aliphatic carbocycles. The Morgan fingerprint density at radius 1 is 0.900 bits per heavy atom. The molecule has 1 aliphatic heterocycles. The number of para-hydroxylation sites is 2. The molecule has 0 N–H and O–H groups in total. The number of fused-ring (bicyclic) bond motifs is 1. The zero-order valence-corrected chi connectivity index (χ0v) is 17.5. The molecule has 0 amide bonds. The Balaban J connectivity index is 1.61. The van der Waals surface area contributed by atoms with E-state index in [0.717, 1.165) is 11.3 Å². The fourth-order valence-electron chi connectivity index (χ4n) is 3.25. The lowest BCUT2D eigenvalue weighted by Gasteiger charge is -2.26. The zero-order valence-electron chi connectivity index (χ0n) is 16.7. The molecule has 4 rings (SSSR count). The molecule has 0 saturated heterocycles. The number of nitrogens with zero attached hydrogens (tertiary/aromatic N) is 1. The first-order chi connectivity index (χ1) is 14.6. The van der Waals surface area contributed by atoms with E-state index in [1.807, 2.05) is 49.4 Å². The van der Waals surface area contributed by atoms with E-state index in [2.05, 4.69) is 0 Å². The van der Waals surface area contributed by atoms with Gasteiger partial charge in [0.05, 0.1) is 17.1 Å². The van der Waals surface area contributed by atoms with Crippen molar-refractivity contribution < 1.29 is 22.6 Å². The number of ether oxygens (including phenoxy) is 3. The van der Waals surface area contributed by atoms with E-state index in [0.29, 0.717) is 30.4 Å². The Kier molecular flexibility index (Phi) is 5.81. The van der Waals surface area contributed by atoms with Crippen molar-refractivity contribution in [1.29, 1.82) is 0 Å². The second kappa shape index (κ2) is 8.67. The maximum absolute atomic E-state index is 13.5. The van der Waals surface area contributed by atoms with Crippen molar-refractivity contribution in [2.75, 3.05) is 30.7 Å². The first-order valence-corrected chi connectivity index (χ1v) is 11.2. The number of hydrogen-bond acceptors (Lipinski definition) is 5. The van der Waals surface area contributed by atoms with Crippen LogP contribution in [0.4, 0.5) is 5.69 Å². The summed E-state index contributed by atoms with van der Waals surface area (Å²) in [7, 11) is -3.83. The molecule has 0 saturated carbocycles. The Hall–Kier alpha value is -3.19. The van der Waals surface area contributed by atoms with Crippen LogP contribution >= 0.6 is 0 Å². The van der Waals surface area contributed by atoms with E-state index >= 15 is 0 Å². The largest absolute Gasteiger partial charge is 0.491 e. The molecule has 0 aromatic heterocycles. The van der Waals surface area contributed by atoms with E-state index in [1.54, 1.807) is 24.3 Å². The average Bonchev–Trinajstić information content (AvgIpc) is 2.78. The quantitative estimate of drug-likeness (QED) is 0.572. The van der Waals surface area contributed by atoms with Crippen molar-refractivity contribution in [3.05, 3.63) is 78.4 Å². The van der Waals surface area contributed by atoms with Crippen LogP contribution < -0.4 is 18.5 Å². The maximum Gasteiger partial charge on any atom is 0.264 e. The predicted molar refractivity (Wildman–Crippen MR) is 115 cm³/mol. The van der Waals surface area contributed by atoms with E-state index in [9.17, 15) is 8.42 Å². The van der Waals surface area contributed by atoms with Crippen molar-refractivity contribution in [2.45, 2.75) is 11.8 Å². The van der Waals surface area contributed by atoms with Crippen LogP contribution in [0.5, 0.6) is 17.2 Å². The number of aryl methyl sites for hydroxylation is 1. The minimum atomic E-state index is -3.83. The molecular formula is C23H23NO5S. The van der Waals surface area contributed by atoms with Gasteiger partial charge >= 0.3 is 0 Å². The van der Waals surface area contributed by atoms with Crippen LogP contribution in [0.1, 0.15) is 5.56 Å². The third-order valence-corrected chi connectivity index (χ3v) is 6.61. The van der Waals surface area contributed by atoms with E-state index in [4.69, 9.17) is 14.2 Å². The minimum Gasteiger partial charge on any atom is -0.491 e. The summed E-state index contributed by atoms with van der Waals surface area (Å²) in [5, 5.41) is 0. The van der Waals surface area contributed by atoms with Gasteiger partial charge in [-0.25, -0.2) is 8.42 Å². The number of anilines is 1. The molecule has 0 spiro atoms. The molecule has 0 fully saturated rings. The number of rotatable bonds is 7. The van der Waals surface area contributed by atoms with Gasteiger partial charge in [-0.05, 0) is 42.8 Å². The second-order valence-corrected chi connectivity index (χ2v) is 8.69. The predicted octanol–water partition coefficient (Wildman–Crippen LogP) is 4.04. The van der Waals surface area contributed by atoms with E-state index < -0.39 is 10.0 Å². The van der Waals surface area contributed by atoms with E-state index in [1.165, 1.54) is 10.4 Å². The van der Waals surface area contributed by atoms with Gasteiger partial charge in [0.2, 0.25) is 0 Å². The summed E-state index contributed by atoms with van der Waals surface area (Å²) < 4.78 is 45.3.